The molecule has 0 aliphatic carbocycles. The molecule has 1 aromatic carbocycles. The van der Waals surface area contributed by atoms with Crippen LogP contribution in [0.3, 0.4) is 0 Å². The van der Waals surface area contributed by atoms with Crippen LogP contribution in [-0.4, -0.2) is 44.1 Å². The van der Waals surface area contributed by atoms with Crippen molar-refractivity contribution in [3.63, 3.8) is 0 Å². The van der Waals surface area contributed by atoms with Gasteiger partial charge in [0.2, 0.25) is 5.91 Å². The number of imidazole rings is 2. The van der Waals surface area contributed by atoms with Crippen LogP contribution >= 0.6 is 0 Å². The number of hydrogen-bond donors (Lipinski definition) is 4. The highest BCUT2D eigenvalue weighted by molar-refractivity contribution is 5.98. The molecule has 9 nitrogen and oxygen atoms in total. The number of rotatable bonds is 6. The first-order chi connectivity index (χ1) is 12.0. The van der Waals surface area contributed by atoms with Crippen LogP contribution < -0.4 is 11.1 Å². The second-order valence-corrected chi connectivity index (χ2v) is 5.51. The van der Waals surface area contributed by atoms with Crippen LogP contribution in [0.25, 0.3) is 22.6 Å². The van der Waals surface area contributed by atoms with Gasteiger partial charge in [0.05, 0.1) is 23.9 Å². The van der Waals surface area contributed by atoms with E-state index in [-0.39, 0.29) is 24.8 Å². The lowest BCUT2D eigenvalue weighted by Crippen LogP contribution is -2.29. The van der Waals surface area contributed by atoms with E-state index in [1.807, 2.05) is 6.92 Å². The Bertz CT molecular complexity index is 970. The molecule has 9 heteroatoms. The van der Waals surface area contributed by atoms with Crippen molar-refractivity contribution >= 4 is 29.1 Å². The van der Waals surface area contributed by atoms with Gasteiger partial charge in [-0.15, -0.1) is 0 Å². The summed E-state index contributed by atoms with van der Waals surface area (Å²) in [4.78, 5) is 34.0. The molecule has 2 heterocycles. The van der Waals surface area contributed by atoms with Crippen LogP contribution in [0.15, 0.2) is 24.5 Å². The standard InChI is InChI=1S/C16H17N7O2/c1-9-14(20-8-23(9)7-13(25)19-4-5-24)16-21-11-3-2-10(15(17)18)6-12(11)22-16/h2-3,5-6,8H,4,7H2,1H3,(H3,17,18)(H,19,25)(H,21,22). The lowest BCUT2D eigenvalue weighted by atomic mass is 10.2. The molecule has 0 unspecified atom stereocenters. The van der Waals surface area contributed by atoms with Crippen LogP contribution in [0.5, 0.6) is 0 Å². The van der Waals surface area contributed by atoms with Crippen molar-refractivity contribution in [1.82, 2.24) is 24.8 Å². The molecular weight excluding hydrogens is 322 g/mol. The fourth-order valence-electron chi connectivity index (χ4n) is 2.49. The van der Waals surface area contributed by atoms with Crippen LogP contribution in [0.4, 0.5) is 0 Å². The second-order valence-electron chi connectivity index (χ2n) is 5.51. The minimum Gasteiger partial charge on any atom is -0.384 e. The van der Waals surface area contributed by atoms with Crippen molar-refractivity contribution in [3.8, 4) is 11.5 Å². The maximum absolute atomic E-state index is 11.7. The van der Waals surface area contributed by atoms with E-state index in [0.717, 1.165) is 16.7 Å². The number of nitrogen functional groups attached to an aromatic ring is 1. The monoisotopic (exact) mass is 339 g/mol. The van der Waals surface area contributed by atoms with E-state index in [4.69, 9.17) is 11.1 Å². The predicted octanol–water partition coefficient (Wildman–Crippen LogP) is 0.334. The number of amidine groups is 1. The third-order valence-electron chi connectivity index (χ3n) is 3.81. The fourth-order valence-corrected chi connectivity index (χ4v) is 2.49. The van der Waals surface area contributed by atoms with Gasteiger partial charge in [-0.25, -0.2) is 9.97 Å². The van der Waals surface area contributed by atoms with E-state index in [9.17, 15) is 9.59 Å². The minimum absolute atomic E-state index is 0.0124. The van der Waals surface area contributed by atoms with Gasteiger partial charge in [-0.1, -0.05) is 0 Å². The maximum atomic E-state index is 11.7. The molecule has 0 aliphatic rings. The largest absolute Gasteiger partial charge is 0.384 e. The van der Waals surface area contributed by atoms with Crippen molar-refractivity contribution in [2.24, 2.45) is 5.73 Å². The summed E-state index contributed by atoms with van der Waals surface area (Å²) in [6.45, 7) is 1.90. The first kappa shape index (κ1) is 16.4. The quantitative estimate of drug-likeness (QED) is 0.291. The zero-order valence-electron chi connectivity index (χ0n) is 13.5. The van der Waals surface area contributed by atoms with Crippen molar-refractivity contribution in [2.75, 3.05) is 6.54 Å². The Kier molecular flexibility index (Phi) is 4.29. The number of aldehydes is 1. The van der Waals surface area contributed by atoms with Crippen molar-refractivity contribution in [3.05, 3.63) is 35.8 Å². The molecule has 0 bridgehead atoms. The van der Waals surface area contributed by atoms with Gasteiger partial charge in [-0.2, -0.15) is 0 Å². The summed E-state index contributed by atoms with van der Waals surface area (Å²) in [7, 11) is 0. The molecule has 0 aliphatic heterocycles. The summed E-state index contributed by atoms with van der Waals surface area (Å²) in [5.41, 5.74) is 9.00. The molecule has 0 spiro atoms. The van der Waals surface area contributed by atoms with Gasteiger partial charge < -0.3 is 25.4 Å². The van der Waals surface area contributed by atoms with Gasteiger partial charge in [0, 0.05) is 11.3 Å². The topological polar surface area (TPSA) is 143 Å². The first-order valence-corrected chi connectivity index (χ1v) is 7.56. The molecule has 3 aromatic rings. The number of H-pyrrole nitrogens is 1. The molecule has 0 fully saturated rings. The zero-order valence-corrected chi connectivity index (χ0v) is 13.5. The average molecular weight is 339 g/mol. The molecule has 0 saturated carbocycles. The minimum atomic E-state index is -0.269. The Balaban J connectivity index is 1.89. The Hall–Kier alpha value is -3.49. The third kappa shape index (κ3) is 3.25. The molecule has 0 saturated heterocycles. The Morgan fingerprint density at radius 3 is 3.00 bits per heavy atom. The number of amides is 1. The number of hydrogen-bond acceptors (Lipinski definition) is 5. The summed E-state index contributed by atoms with van der Waals surface area (Å²) in [6, 6.07) is 5.27. The van der Waals surface area contributed by atoms with E-state index in [2.05, 4.69) is 20.3 Å². The highest BCUT2D eigenvalue weighted by Gasteiger charge is 2.15. The molecule has 128 valence electrons. The lowest BCUT2D eigenvalue weighted by molar-refractivity contribution is -0.123. The third-order valence-corrected chi connectivity index (χ3v) is 3.81. The van der Waals surface area contributed by atoms with Gasteiger partial charge in [0.1, 0.15) is 24.4 Å². The SMILES string of the molecule is Cc1c(-c2nc3ccc(C(=N)N)cc3[nH]2)ncn1CC(=O)NCC=O. The number of aromatic amines is 1. The van der Waals surface area contributed by atoms with Crippen molar-refractivity contribution in [2.45, 2.75) is 13.5 Å². The Labute approximate surface area is 142 Å². The number of nitrogens with two attached hydrogens (primary N) is 1. The Morgan fingerprint density at radius 2 is 2.28 bits per heavy atom. The van der Waals surface area contributed by atoms with Crippen LogP contribution in [-0.2, 0) is 16.1 Å². The molecule has 25 heavy (non-hydrogen) atoms. The highest BCUT2D eigenvalue weighted by Crippen LogP contribution is 2.22. The predicted molar refractivity (Wildman–Crippen MR) is 92.1 cm³/mol. The normalized spacial score (nSPS) is 10.8. The summed E-state index contributed by atoms with van der Waals surface area (Å²) < 4.78 is 1.68. The smallest absolute Gasteiger partial charge is 0.240 e. The highest BCUT2D eigenvalue weighted by atomic mass is 16.2. The number of benzene rings is 1. The average Bonchev–Trinajstić information content (AvgIpc) is 3.16. The second kappa shape index (κ2) is 6.56. The van der Waals surface area contributed by atoms with E-state index >= 15 is 0 Å². The molecule has 3 rings (SSSR count). The fraction of sp³-hybridized carbons (Fsp3) is 0.188. The van der Waals surface area contributed by atoms with Crippen molar-refractivity contribution in [1.29, 1.82) is 5.41 Å². The molecule has 0 atom stereocenters. The first-order valence-electron chi connectivity index (χ1n) is 7.56. The lowest BCUT2D eigenvalue weighted by Gasteiger charge is -2.05. The summed E-state index contributed by atoms with van der Waals surface area (Å²) >= 11 is 0. The summed E-state index contributed by atoms with van der Waals surface area (Å²) in [5, 5.41) is 9.98. The van der Waals surface area contributed by atoms with Gasteiger partial charge in [-0.3, -0.25) is 10.2 Å². The maximum Gasteiger partial charge on any atom is 0.240 e. The molecule has 1 amide bonds. The van der Waals surface area contributed by atoms with Crippen LogP contribution in [0, 0.1) is 12.3 Å². The van der Waals surface area contributed by atoms with Gasteiger partial charge >= 0.3 is 0 Å². The number of carbonyl (C=O) groups excluding carboxylic acids is 2. The number of nitrogens with one attached hydrogen (secondary N) is 3. The van der Waals surface area contributed by atoms with Crippen LogP contribution in [0.2, 0.25) is 0 Å². The van der Waals surface area contributed by atoms with Crippen LogP contribution in [0.1, 0.15) is 11.3 Å². The summed E-state index contributed by atoms with van der Waals surface area (Å²) in [5.74, 6) is 0.287. The van der Waals surface area contributed by atoms with Gasteiger partial charge in [0.25, 0.3) is 0 Å². The number of fused-ring (bicyclic) bond motifs is 1. The van der Waals surface area contributed by atoms with E-state index < -0.39 is 0 Å². The Morgan fingerprint density at radius 1 is 1.48 bits per heavy atom. The number of aromatic nitrogens is 4. The zero-order chi connectivity index (χ0) is 18.0. The summed E-state index contributed by atoms with van der Waals surface area (Å²) in [6.07, 6.45) is 2.19. The number of nitrogens with zero attached hydrogens (tertiary/aromatic N) is 3. The molecule has 0 radical (unpaired) electrons. The molecule has 2 aromatic heterocycles. The van der Waals surface area contributed by atoms with E-state index in [1.54, 1.807) is 29.1 Å². The van der Waals surface area contributed by atoms with E-state index in [0.29, 0.717) is 23.4 Å². The van der Waals surface area contributed by atoms with Gasteiger partial charge in [-0.05, 0) is 25.1 Å². The molecular formula is C16H17N7O2. The van der Waals surface area contributed by atoms with Gasteiger partial charge in [0.15, 0.2) is 5.82 Å². The van der Waals surface area contributed by atoms with E-state index in [1.165, 1.54) is 0 Å². The number of carbonyl (C=O) groups is 2. The van der Waals surface area contributed by atoms with Crippen molar-refractivity contribution < 1.29 is 9.59 Å². The molecule has 5 N–H and O–H groups in total.